The normalized spacial score (nSPS) is 21.1. The minimum absolute atomic E-state index is 0.384. The second-order valence-electron chi connectivity index (χ2n) is 4.57. The molecule has 0 saturated carbocycles. The molecule has 0 radical (unpaired) electrons. The van der Waals surface area contributed by atoms with Crippen molar-refractivity contribution in [3.63, 3.8) is 0 Å². The van der Waals surface area contributed by atoms with E-state index in [1.54, 1.807) is 0 Å². The summed E-state index contributed by atoms with van der Waals surface area (Å²) >= 11 is 0. The first-order chi connectivity index (χ1) is 8.33. The molecule has 1 saturated heterocycles. The average molecular weight is 234 g/mol. The number of nitrogens with zero attached hydrogens (tertiary/aromatic N) is 1. The molecule has 0 aromatic heterocycles. The lowest BCUT2D eigenvalue weighted by molar-refractivity contribution is 0.0126. The summed E-state index contributed by atoms with van der Waals surface area (Å²) in [6.07, 6.45) is 0. The van der Waals surface area contributed by atoms with Crippen molar-refractivity contribution < 1.29 is 4.74 Å². The second kappa shape index (κ2) is 6.15. The maximum atomic E-state index is 5.41. The molecule has 1 aliphatic rings. The lowest BCUT2D eigenvalue weighted by Gasteiger charge is -2.37. The van der Waals surface area contributed by atoms with Crippen LogP contribution in [0.25, 0.3) is 0 Å². The fourth-order valence-corrected chi connectivity index (χ4v) is 2.54. The Balaban J connectivity index is 2.07. The van der Waals surface area contributed by atoms with Gasteiger partial charge in [0.15, 0.2) is 0 Å². The summed E-state index contributed by atoms with van der Waals surface area (Å²) in [6.45, 7) is 6.07. The van der Waals surface area contributed by atoms with Crippen LogP contribution in [0.1, 0.15) is 18.5 Å². The molecule has 94 valence electrons. The Morgan fingerprint density at radius 3 is 2.41 bits per heavy atom. The van der Waals surface area contributed by atoms with Crippen LogP contribution in [0.2, 0.25) is 0 Å². The van der Waals surface area contributed by atoms with E-state index >= 15 is 0 Å². The van der Waals surface area contributed by atoms with E-state index in [-0.39, 0.29) is 0 Å². The lowest BCUT2D eigenvalue weighted by atomic mass is 9.99. The van der Waals surface area contributed by atoms with Gasteiger partial charge in [0.05, 0.1) is 13.2 Å². The largest absolute Gasteiger partial charge is 0.379 e. The molecule has 3 nitrogen and oxygen atoms in total. The molecule has 17 heavy (non-hydrogen) atoms. The van der Waals surface area contributed by atoms with E-state index in [1.807, 2.05) is 7.05 Å². The summed E-state index contributed by atoms with van der Waals surface area (Å²) in [5.41, 5.74) is 1.36. The molecule has 0 aliphatic carbocycles. The van der Waals surface area contributed by atoms with Gasteiger partial charge in [-0.05, 0) is 19.5 Å². The number of benzene rings is 1. The number of hydrogen-bond acceptors (Lipinski definition) is 3. The van der Waals surface area contributed by atoms with Gasteiger partial charge in [-0.15, -0.1) is 0 Å². The summed E-state index contributed by atoms with van der Waals surface area (Å²) in [5, 5.41) is 3.43. The van der Waals surface area contributed by atoms with Crippen LogP contribution in [0, 0.1) is 0 Å². The molecular formula is C14H22N2O. The van der Waals surface area contributed by atoms with Crippen LogP contribution in [-0.4, -0.2) is 44.3 Å². The number of hydrogen-bond donors (Lipinski definition) is 1. The number of nitrogens with one attached hydrogen (secondary N) is 1. The molecule has 2 atom stereocenters. The third-order valence-corrected chi connectivity index (χ3v) is 3.57. The zero-order valence-electron chi connectivity index (χ0n) is 10.7. The highest BCUT2D eigenvalue weighted by atomic mass is 16.5. The molecular weight excluding hydrogens is 212 g/mol. The number of rotatable bonds is 4. The Labute approximate surface area is 104 Å². The molecule has 1 heterocycles. The zero-order valence-corrected chi connectivity index (χ0v) is 10.7. The summed E-state index contributed by atoms with van der Waals surface area (Å²) in [4.78, 5) is 2.50. The highest BCUT2D eigenvalue weighted by Gasteiger charge is 2.24. The molecule has 1 aromatic rings. The number of likely N-dealkylation sites (N-methyl/N-ethyl adjacent to an activating group) is 1. The Bertz CT molecular complexity index is 322. The lowest BCUT2D eigenvalue weighted by Crippen LogP contribution is -2.47. The van der Waals surface area contributed by atoms with E-state index in [0.717, 1.165) is 26.3 Å². The fraction of sp³-hybridized carbons (Fsp3) is 0.571. The quantitative estimate of drug-likeness (QED) is 0.857. The van der Waals surface area contributed by atoms with E-state index in [4.69, 9.17) is 4.74 Å². The first-order valence-corrected chi connectivity index (χ1v) is 6.37. The first-order valence-electron chi connectivity index (χ1n) is 6.37. The van der Waals surface area contributed by atoms with Crippen LogP contribution < -0.4 is 5.32 Å². The molecule has 1 aliphatic heterocycles. The highest BCUT2D eigenvalue weighted by molar-refractivity contribution is 5.20. The topological polar surface area (TPSA) is 24.5 Å². The van der Waals surface area contributed by atoms with E-state index < -0.39 is 0 Å². The molecule has 0 spiro atoms. The average Bonchev–Trinajstić information content (AvgIpc) is 2.42. The van der Waals surface area contributed by atoms with Gasteiger partial charge in [-0.1, -0.05) is 30.3 Å². The van der Waals surface area contributed by atoms with Gasteiger partial charge in [0, 0.05) is 25.2 Å². The van der Waals surface area contributed by atoms with Crippen molar-refractivity contribution in [3.8, 4) is 0 Å². The van der Waals surface area contributed by atoms with Crippen LogP contribution in [0.15, 0.2) is 30.3 Å². The van der Waals surface area contributed by atoms with E-state index in [2.05, 4.69) is 47.5 Å². The minimum Gasteiger partial charge on any atom is -0.379 e. The summed E-state index contributed by atoms with van der Waals surface area (Å²) < 4.78 is 5.41. The van der Waals surface area contributed by atoms with Crippen molar-refractivity contribution in [2.45, 2.75) is 19.0 Å². The number of morpholine rings is 1. The molecule has 2 rings (SSSR count). The predicted octanol–water partition coefficient (Wildman–Crippen LogP) is 1.67. The van der Waals surface area contributed by atoms with Crippen LogP contribution in [0.5, 0.6) is 0 Å². The van der Waals surface area contributed by atoms with Crippen molar-refractivity contribution in [1.82, 2.24) is 10.2 Å². The van der Waals surface area contributed by atoms with Gasteiger partial charge in [-0.25, -0.2) is 0 Å². The van der Waals surface area contributed by atoms with Crippen molar-refractivity contribution >= 4 is 0 Å². The van der Waals surface area contributed by atoms with Crippen LogP contribution in [0.4, 0.5) is 0 Å². The zero-order chi connectivity index (χ0) is 12.1. The summed E-state index contributed by atoms with van der Waals surface area (Å²) in [5.74, 6) is 0. The van der Waals surface area contributed by atoms with Crippen molar-refractivity contribution in [1.29, 1.82) is 0 Å². The molecule has 2 unspecified atom stereocenters. The highest BCUT2D eigenvalue weighted by Crippen LogP contribution is 2.21. The van der Waals surface area contributed by atoms with Gasteiger partial charge >= 0.3 is 0 Å². The standard InChI is InChI=1S/C14H22N2O/c1-12(16-8-10-17-11-9-16)14(15-2)13-6-4-3-5-7-13/h3-7,12,14-15H,8-11H2,1-2H3. The van der Waals surface area contributed by atoms with Crippen LogP contribution in [0.3, 0.4) is 0 Å². The molecule has 1 aromatic carbocycles. The van der Waals surface area contributed by atoms with Crippen LogP contribution in [-0.2, 0) is 4.74 Å². The Kier molecular flexibility index (Phi) is 4.54. The molecule has 1 fully saturated rings. The summed E-state index contributed by atoms with van der Waals surface area (Å²) in [6, 6.07) is 11.5. The van der Waals surface area contributed by atoms with Crippen molar-refractivity contribution in [2.24, 2.45) is 0 Å². The number of ether oxygens (including phenoxy) is 1. The SMILES string of the molecule is CNC(c1ccccc1)C(C)N1CCOCC1. The predicted molar refractivity (Wildman–Crippen MR) is 70.1 cm³/mol. The molecule has 0 amide bonds. The van der Waals surface area contributed by atoms with E-state index in [9.17, 15) is 0 Å². The molecule has 3 heteroatoms. The van der Waals surface area contributed by atoms with Gasteiger partial charge in [-0.3, -0.25) is 4.90 Å². The maximum absolute atomic E-state index is 5.41. The first kappa shape index (κ1) is 12.6. The maximum Gasteiger partial charge on any atom is 0.0594 e. The Morgan fingerprint density at radius 2 is 1.82 bits per heavy atom. The van der Waals surface area contributed by atoms with Crippen molar-refractivity contribution in [2.75, 3.05) is 33.4 Å². The molecule has 0 bridgehead atoms. The Hall–Kier alpha value is -0.900. The second-order valence-corrected chi connectivity index (χ2v) is 4.57. The van der Waals surface area contributed by atoms with Gasteiger partial charge in [0.25, 0.3) is 0 Å². The Morgan fingerprint density at radius 1 is 1.18 bits per heavy atom. The molecule has 1 N–H and O–H groups in total. The monoisotopic (exact) mass is 234 g/mol. The van der Waals surface area contributed by atoms with E-state index in [0.29, 0.717) is 12.1 Å². The smallest absolute Gasteiger partial charge is 0.0594 e. The van der Waals surface area contributed by atoms with Gasteiger partial charge in [0.2, 0.25) is 0 Å². The third-order valence-electron chi connectivity index (χ3n) is 3.57. The summed E-state index contributed by atoms with van der Waals surface area (Å²) in [7, 11) is 2.04. The van der Waals surface area contributed by atoms with Gasteiger partial charge < -0.3 is 10.1 Å². The fourth-order valence-electron chi connectivity index (χ4n) is 2.54. The van der Waals surface area contributed by atoms with E-state index in [1.165, 1.54) is 5.56 Å². The van der Waals surface area contributed by atoms with Crippen LogP contribution >= 0.6 is 0 Å². The van der Waals surface area contributed by atoms with Gasteiger partial charge in [-0.2, -0.15) is 0 Å². The van der Waals surface area contributed by atoms with Gasteiger partial charge in [0.1, 0.15) is 0 Å². The third kappa shape index (κ3) is 3.06. The van der Waals surface area contributed by atoms with Crippen molar-refractivity contribution in [3.05, 3.63) is 35.9 Å². The minimum atomic E-state index is 0.384.